The number of hydrogen-bond acceptors (Lipinski definition) is 6. The molecule has 0 spiro atoms. The molecule has 2 saturated heterocycles. The van der Waals surface area contributed by atoms with Gasteiger partial charge in [-0.25, -0.2) is 9.37 Å². The Morgan fingerprint density at radius 1 is 1.17 bits per heavy atom. The molecule has 0 radical (unpaired) electrons. The quantitative estimate of drug-likeness (QED) is 0.596. The highest BCUT2D eigenvalue weighted by molar-refractivity contribution is 6.11. The van der Waals surface area contributed by atoms with Crippen LogP contribution in [0.4, 0.5) is 29.1 Å². The number of carbonyl (C=O) groups is 2. The molecule has 12 heteroatoms. The van der Waals surface area contributed by atoms with Crippen LogP contribution < -0.4 is 14.5 Å². The van der Waals surface area contributed by atoms with Crippen LogP contribution in [0, 0.1) is 12.7 Å². The molecule has 1 aromatic heterocycles. The number of fused-ring (bicyclic) bond motifs is 2. The molecule has 0 aliphatic carbocycles. The molecular weight excluding hydrogens is 474 g/mol. The van der Waals surface area contributed by atoms with Crippen LogP contribution in [0.1, 0.15) is 25.1 Å². The number of benzene rings is 1. The summed E-state index contributed by atoms with van der Waals surface area (Å²) in [5, 5.41) is 0. The molecular formula is C23H21F4N3O5. The summed E-state index contributed by atoms with van der Waals surface area (Å²) in [4.78, 5) is 33.6. The summed E-state index contributed by atoms with van der Waals surface area (Å²) in [6, 6.07) is 3.85. The summed E-state index contributed by atoms with van der Waals surface area (Å²) in [5.74, 6) is -3.34. The summed E-state index contributed by atoms with van der Waals surface area (Å²) in [6.07, 6.45) is -7.01. The number of alkyl halides is 3. The molecule has 0 saturated carbocycles. The van der Waals surface area contributed by atoms with Gasteiger partial charge in [0.1, 0.15) is 36.1 Å². The molecule has 3 aliphatic rings. The van der Waals surface area contributed by atoms with Crippen LogP contribution in [0.5, 0.6) is 5.75 Å². The van der Waals surface area contributed by atoms with Crippen molar-refractivity contribution in [3.8, 4) is 5.75 Å². The molecule has 3 atom stereocenters. The van der Waals surface area contributed by atoms with Gasteiger partial charge >= 0.3 is 6.18 Å². The number of carbonyl (C=O) groups excluding carboxylic acids is 2. The Balaban J connectivity index is 1.60. The van der Waals surface area contributed by atoms with Gasteiger partial charge in [-0.15, -0.1) is 0 Å². The van der Waals surface area contributed by atoms with Gasteiger partial charge in [0.15, 0.2) is 11.9 Å². The minimum atomic E-state index is -4.69. The lowest BCUT2D eigenvalue weighted by Gasteiger charge is -2.35. The Hall–Kier alpha value is -3.25. The molecule has 1 aromatic carbocycles. The van der Waals surface area contributed by atoms with Gasteiger partial charge < -0.3 is 19.1 Å². The van der Waals surface area contributed by atoms with Gasteiger partial charge in [0.25, 0.3) is 11.8 Å². The van der Waals surface area contributed by atoms with E-state index in [1.807, 2.05) is 0 Å². The largest absolute Gasteiger partial charge is 0.489 e. The SMILES string of the molecule is Cc1cc(C(F)(F)F)cc(N2C(=O)C3OC(C)(C)OC3C2C(=O)N2CCOc3cc(F)ccc32)n1. The van der Waals surface area contributed by atoms with Crippen LogP contribution in [0.3, 0.4) is 0 Å². The van der Waals surface area contributed by atoms with Gasteiger partial charge in [0.2, 0.25) is 0 Å². The molecule has 2 aromatic rings. The van der Waals surface area contributed by atoms with E-state index in [0.29, 0.717) is 0 Å². The van der Waals surface area contributed by atoms with Crippen molar-refractivity contribution >= 4 is 23.3 Å². The number of rotatable bonds is 2. The highest BCUT2D eigenvalue weighted by atomic mass is 19.4. The zero-order valence-electron chi connectivity index (χ0n) is 18.9. The van der Waals surface area contributed by atoms with Gasteiger partial charge in [-0.1, -0.05) is 0 Å². The van der Waals surface area contributed by atoms with E-state index < -0.39 is 53.4 Å². The number of amides is 2. The summed E-state index contributed by atoms with van der Waals surface area (Å²) in [6.45, 7) is 4.64. The van der Waals surface area contributed by atoms with Crippen LogP contribution in [0.25, 0.3) is 0 Å². The third-order valence-electron chi connectivity index (χ3n) is 6.02. The van der Waals surface area contributed by atoms with Gasteiger partial charge in [0, 0.05) is 11.8 Å². The number of ether oxygens (including phenoxy) is 3. The van der Waals surface area contributed by atoms with Crippen molar-refractivity contribution in [2.75, 3.05) is 23.0 Å². The third-order valence-corrected chi connectivity index (χ3v) is 6.02. The minimum Gasteiger partial charge on any atom is -0.489 e. The summed E-state index contributed by atoms with van der Waals surface area (Å²) >= 11 is 0. The fourth-order valence-electron chi connectivity index (χ4n) is 4.66. The van der Waals surface area contributed by atoms with Gasteiger partial charge in [0.05, 0.1) is 17.8 Å². The number of aromatic nitrogens is 1. The molecule has 2 fully saturated rings. The van der Waals surface area contributed by atoms with Crippen molar-refractivity contribution in [1.82, 2.24) is 4.98 Å². The van der Waals surface area contributed by atoms with Crippen molar-refractivity contribution in [1.29, 1.82) is 0 Å². The second-order valence-corrected chi connectivity index (χ2v) is 8.98. The van der Waals surface area contributed by atoms with Crippen molar-refractivity contribution in [2.24, 2.45) is 0 Å². The smallest absolute Gasteiger partial charge is 0.416 e. The molecule has 4 heterocycles. The lowest BCUT2D eigenvalue weighted by molar-refractivity contribution is -0.161. The number of anilines is 2. The summed E-state index contributed by atoms with van der Waals surface area (Å²) in [5.41, 5.74) is -0.726. The summed E-state index contributed by atoms with van der Waals surface area (Å²) in [7, 11) is 0. The predicted molar refractivity (Wildman–Crippen MR) is 113 cm³/mol. The molecule has 186 valence electrons. The maximum Gasteiger partial charge on any atom is 0.416 e. The zero-order chi connectivity index (χ0) is 25.3. The number of aryl methyl sites for hydroxylation is 1. The fourth-order valence-corrected chi connectivity index (χ4v) is 4.66. The summed E-state index contributed by atoms with van der Waals surface area (Å²) < 4.78 is 71.3. The normalized spacial score (nSPS) is 25.3. The van der Waals surface area contributed by atoms with Crippen LogP contribution in [0.15, 0.2) is 30.3 Å². The Morgan fingerprint density at radius 2 is 1.91 bits per heavy atom. The monoisotopic (exact) mass is 495 g/mol. The lowest BCUT2D eigenvalue weighted by Crippen LogP contribution is -2.54. The van der Waals surface area contributed by atoms with E-state index in [1.54, 1.807) is 13.8 Å². The first-order chi connectivity index (χ1) is 16.4. The predicted octanol–water partition coefficient (Wildman–Crippen LogP) is 3.21. The zero-order valence-corrected chi connectivity index (χ0v) is 18.9. The van der Waals surface area contributed by atoms with E-state index in [9.17, 15) is 27.2 Å². The number of halogens is 4. The Kier molecular flexibility index (Phi) is 5.29. The first kappa shape index (κ1) is 23.5. The Bertz CT molecular complexity index is 1220. The van der Waals surface area contributed by atoms with E-state index in [4.69, 9.17) is 14.2 Å². The second kappa shape index (κ2) is 7.89. The molecule has 3 unspecified atom stereocenters. The van der Waals surface area contributed by atoms with Crippen LogP contribution >= 0.6 is 0 Å². The van der Waals surface area contributed by atoms with E-state index >= 15 is 0 Å². The number of pyridine rings is 1. The first-order valence-electron chi connectivity index (χ1n) is 10.8. The van der Waals surface area contributed by atoms with Crippen LogP contribution in [-0.4, -0.2) is 54.0 Å². The number of nitrogens with zero attached hydrogens (tertiary/aromatic N) is 3. The molecule has 0 N–H and O–H groups in total. The highest BCUT2D eigenvalue weighted by Crippen LogP contribution is 2.42. The van der Waals surface area contributed by atoms with Crippen molar-refractivity contribution in [3.05, 3.63) is 47.4 Å². The van der Waals surface area contributed by atoms with Gasteiger partial charge in [-0.2, -0.15) is 13.2 Å². The van der Waals surface area contributed by atoms with Crippen molar-refractivity contribution in [3.63, 3.8) is 0 Å². The molecule has 5 rings (SSSR count). The average molecular weight is 495 g/mol. The minimum absolute atomic E-state index is 0.0141. The Morgan fingerprint density at radius 3 is 2.63 bits per heavy atom. The van der Waals surface area contributed by atoms with E-state index in [-0.39, 0.29) is 36.1 Å². The third kappa shape index (κ3) is 4.00. The molecule has 3 aliphatic heterocycles. The van der Waals surface area contributed by atoms with Gasteiger partial charge in [-0.05, 0) is 45.0 Å². The lowest BCUT2D eigenvalue weighted by atomic mass is 10.1. The standard InChI is InChI=1S/C23H21F4N3O5/c1-11-8-12(23(25,26)27)9-16(28-11)30-17(18-19(21(30)32)35-22(2,3)34-18)20(31)29-6-7-33-15-10-13(24)4-5-14(15)29/h4-5,8-10,17-19H,6-7H2,1-3H3. The van der Waals surface area contributed by atoms with Crippen molar-refractivity contribution in [2.45, 2.75) is 51.0 Å². The van der Waals surface area contributed by atoms with E-state index in [1.165, 1.54) is 17.9 Å². The van der Waals surface area contributed by atoms with Crippen LogP contribution in [-0.2, 0) is 25.2 Å². The van der Waals surface area contributed by atoms with Gasteiger partial charge in [-0.3, -0.25) is 14.5 Å². The molecule has 0 bridgehead atoms. The molecule has 35 heavy (non-hydrogen) atoms. The maximum atomic E-state index is 13.9. The van der Waals surface area contributed by atoms with Crippen molar-refractivity contribution < 1.29 is 41.4 Å². The Labute approximate surface area is 197 Å². The first-order valence-corrected chi connectivity index (χ1v) is 10.8. The highest BCUT2D eigenvalue weighted by Gasteiger charge is 2.61. The fraction of sp³-hybridized carbons (Fsp3) is 0.435. The molecule has 8 nitrogen and oxygen atoms in total. The second-order valence-electron chi connectivity index (χ2n) is 8.98. The van der Waals surface area contributed by atoms with E-state index in [2.05, 4.69) is 4.98 Å². The van der Waals surface area contributed by atoms with E-state index in [0.717, 1.165) is 29.2 Å². The average Bonchev–Trinajstić information content (AvgIpc) is 3.22. The number of hydrogen-bond donors (Lipinski definition) is 0. The molecule has 2 amide bonds. The van der Waals surface area contributed by atoms with Crippen LogP contribution in [0.2, 0.25) is 0 Å². The maximum absolute atomic E-state index is 13.9. The topological polar surface area (TPSA) is 81.2 Å².